The van der Waals surface area contributed by atoms with Gasteiger partial charge in [0.1, 0.15) is 0 Å². The number of para-hydroxylation sites is 2. The summed E-state index contributed by atoms with van der Waals surface area (Å²) in [6.07, 6.45) is 2.50. The minimum Gasteiger partial charge on any atom is -0.339 e. The number of piperazine rings is 1. The number of aromatic nitrogens is 2. The topological polar surface area (TPSA) is 53.4 Å². The zero-order valence-electron chi connectivity index (χ0n) is 16.1. The van der Waals surface area contributed by atoms with E-state index in [4.69, 9.17) is 4.98 Å². The first kappa shape index (κ1) is 17.9. The summed E-state index contributed by atoms with van der Waals surface area (Å²) in [7, 11) is 0. The van der Waals surface area contributed by atoms with Crippen LogP contribution in [-0.4, -0.2) is 59.2 Å². The molecule has 1 amide bonds. The van der Waals surface area contributed by atoms with Gasteiger partial charge < -0.3 is 10.2 Å². The highest BCUT2D eigenvalue weighted by atomic mass is 16.2. The molecule has 0 bridgehead atoms. The van der Waals surface area contributed by atoms with Crippen LogP contribution in [0, 0.1) is 17.8 Å². The Kier molecular flexibility index (Phi) is 5.04. The average Bonchev–Trinajstić information content (AvgIpc) is 3.28. The first-order valence-electron chi connectivity index (χ1n) is 9.86. The molecule has 2 fully saturated rings. The Bertz CT molecular complexity index is 891. The maximum absolute atomic E-state index is 13.0. The Morgan fingerprint density at radius 3 is 3.00 bits per heavy atom. The number of benzene rings is 1. The normalized spacial score (nSPS) is 19.8. The fourth-order valence-electron chi connectivity index (χ4n) is 4.05. The van der Waals surface area contributed by atoms with Gasteiger partial charge in [0.25, 0.3) is 0 Å². The Labute approximate surface area is 160 Å². The lowest BCUT2D eigenvalue weighted by molar-refractivity contribution is 0.227. The maximum atomic E-state index is 13.0. The summed E-state index contributed by atoms with van der Waals surface area (Å²) in [6, 6.07) is 8.25. The van der Waals surface area contributed by atoms with Gasteiger partial charge in [-0.05, 0) is 31.5 Å². The summed E-state index contributed by atoms with van der Waals surface area (Å²) >= 11 is 0. The number of amides is 1. The second-order valence-electron chi connectivity index (χ2n) is 7.65. The Hall–Kier alpha value is -2.52. The molecule has 1 N–H and O–H groups in total. The fraction of sp³-hybridized carbons (Fsp3) is 0.524. The molecule has 0 radical (unpaired) electrons. The molecule has 6 heteroatoms. The highest BCUT2D eigenvalue weighted by Crippen LogP contribution is 2.27. The molecule has 142 valence electrons. The lowest BCUT2D eigenvalue weighted by atomic mass is 10.2. The molecular weight excluding hydrogens is 338 g/mol. The zero-order valence-corrected chi connectivity index (χ0v) is 16.1. The molecule has 2 saturated heterocycles. The number of nitrogens with zero attached hydrogens (tertiary/aromatic N) is 4. The van der Waals surface area contributed by atoms with Crippen molar-refractivity contribution in [3.05, 3.63) is 24.3 Å². The number of hydrogen-bond donors (Lipinski definition) is 1. The molecule has 2 aliphatic heterocycles. The van der Waals surface area contributed by atoms with E-state index < -0.39 is 0 Å². The Balaban J connectivity index is 1.61. The van der Waals surface area contributed by atoms with Gasteiger partial charge in [0.15, 0.2) is 0 Å². The third-order valence-electron chi connectivity index (χ3n) is 5.34. The zero-order chi connectivity index (χ0) is 18.8. The van der Waals surface area contributed by atoms with E-state index in [0.29, 0.717) is 18.5 Å². The molecule has 2 aliphatic rings. The van der Waals surface area contributed by atoms with E-state index >= 15 is 0 Å². The summed E-state index contributed by atoms with van der Waals surface area (Å²) in [5.74, 6) is 7.15. The summed E-state index contributed by atoms with van der Waals surface area (Å²) < 4.78 is 1.72. The van der Waals surface area contributed by atoms with Gasteiger partial charge in [-0.3, -0.25) is 4.90 Å². The van der Waals surface area contributed by atoms with Gasteiger partial charge in [0, 0.05) is 31.6 Å². The average molecular weight is 365 g/mol. The van der Waals surface area contributed by atoms with Gasteiger partial charge in [-0.2, -0.15) is 0 Å². The van der Waals surface area contributed by atoms with E-state index in [-0.39, 0.29) is 6.03 Å². The molecule has 3 heterocycles. The predicted molar refractivity (Wildman–Crippen MR) is 108 cm³/mol. The van der Waals surface area contributed by atoms with E-state index in [1.165, 1.54) is 19.4 Å². The summed E-state index contributed by atoms with van der Waals surface area (Å²) in [5.41, 5.74) is 1.69. The maximum Gasteiger partial charge on any atom is 0.329 e. The molecule has 4 rings (SSSR count). The molecule has 6 nitrogen and oxygen atoms in total. The molecule has 2 aromatic rings. The molecule has 1 atom stereocenters. The van der Waals surface area contributed by atoms with Crippen LogP contribution in [0.25, 0.3) is 11.0 Å². The summed E-state index contributed by atoms with van der Waals surface area (Å²) in [4.78, 5) is 22.6. The fourth-order valence-corrected chi connectivity index (χ4v) is 4.05. The van der Waals surface area contributed by atoms with Crippen LogP contribution in [0.5, 0.6) is 0 Å². The third kappa shape index (κ3) is 3.65. The van der Waals surface area contributed by atoms with Crippen molar-refractivity contribution in [3.8, 4) is 11.8 Å². The molecule has 0 aliphatic carbocycles. The number of nitrogens with one attached hydrogen (secondary N) is 1. The first-order chi connectivity index (χ1) is 13.1. The standard InChI is InChI=1S/C21H27N5O/c1-16(2)7-5-11-22-21(27)26-19-10-4-3-9-18(19)23-20(26)25-14-13-24-12-6-8-17(24)15-25/h3-4,9-10,16-17H,6,8,11-15H2,1-2H3,(H,22,27). The van der Waals surface area contributed by atoms with Crippen molar-refractivity contribution in [2.75, 3.05) is 37.6 Å². The van der Waals surface area contributed by atoms with Gasteiger partial charge in [0.05, 0.1) is 17.6 Å². The lowest BCUT2D eigenvalue weighted by Gasteiger charge is -2.37. The number of rotatable bonds is 2. The monoisotopic (exact) mass is 365 g/mol. The largest absolute Gasteiger partial charge is 0.339 e. The molecule has 1 aromatic heterocycles. The van der Waals surface area contributed by atoms with Gasteiger partial charge in [-0.15, -0.1) is 0 Å². The number of hydrogen-bond acceptors (Lipinski definition) is 4. The molecule has 1 unspecified atom stereocenters. The van der Waals surface area contributed by atoms with Crippen molar-refractivity contribution in [1.29, 1.82) is 0 Å². The van der Waals surface area contributed by atoms with Crippen LogP contribution in [-0.2, 0) is 0 Å². The van der Waals surface area contributed by atoms with Crippen molar-refractivity contribution in [2.45, 2.75) is 32.7 Å². The Morgan fingerprint density at radius 1 is 1.30 bits per heavy atom. The minimum atomic E-state index is -0.161. The van der Waals surface area contributed by atoms with E-state index in [0.717, 1.165) is 36.6 Å². The smallest absolute Gasteiger partial charge is 0.329 e. The van der Waals surface area contributed by atoms with Crippen LogP contribution in [0.4, 0.5) is 10.7 Å². The lowest BCUT2D eigenvalue weighted by Crippen LogP contribution is -2.51. The van der Waals surface area contributed by atoms with Crippen molar-refractivity contribution in [3.63, 3.8) is 0 Å². The van der Waals surface area contributed by atoms with Crippen LogP contribution in [0.15, 0.2) is 24.3 Å². The number of anilines is 1. The second-order valence-corrected chi connectivity index (χ2v) is 7.65. The highest BCUT2D eigenvalue weighted by Gasteiger charge is 2.33. The SMILES string of the molecule is CC(C)C#CCNC(=O)n1c(N2CCN3CCCC3C2)nc2ccccc21. The second kappa shape index (κ2) is 7.61. The van der Waals surface area contributed by atoms with Gasteiger partial charge in [0.2, 0.25) is 5.95 Å². The number of imidazole rings is 1. The molecule has 0 saturated carbocycles. The number of carbonyl (C=O) groups excluding carboxylic acids is 1. The molecule has 1 aromatic carbocycles. The van der Waals surface area contributed by atoms with Crippen LogP contribution >= 0.6 is 0 Å². The van der Waals surface area contributed by atoms with Gasteiger partial charge in [-0.1, -0.05) is 37.8 Å². The minimum absolute atomic E-state index is 0.161. The van der Waals surface area contributed by atoms with E-state index in [9.17, 15) is 4.79 Å². The first-order valence-corrected chi connectivity index (χ1v) is 9.86. The van der Waals surface area contributed by atoms with Gasteiger partial charge in [-0.25, -0.2) is 14.3 Å². The van der Waals surface area contributed by atoms with Gasteiger partial charge >= 0.3 is 6.03 Å². The summed E-state index contributed by atoms with van der Waals surface area (Å²) in [6.45, 7) is 8.50. The van der Waals surface area contributed by atoms with Crippen molar-refractivity contribution < 1.29 is 4.79 Å². The Morgan fingerprint density at radius 2 is 2.15 bits per heavy atom. The van der Waals surface area contributed by atoms with Crippen molar-refractivity contribution >= 4 is 23.0 Å². The molecule has 0 spiro atoms. The summed E-state index contributed by atoms with van der Waals surface area (Å²) in [5, 5.41) is 2.93. The predicted octanol–water partition coefficient (Wildman–Crippen LogP) is 2.54. The quantitative estimate of drug-likeness (QED) is 0.831. The van der Waals surface area contributed by atoms with E-state index in [1.54, 1.807) is 4.57 Å². The van der Waals surface area contributed by atoms with Crippen LogP contribution in [0.3, 0.4) is 0 Å². The van der Waals surface area contributed by atoms with E-state index in [2.05, 4.69) is 27.0 Å². The highest BCUT2D eigenvalue weighted by molar-refractivity contribution is 5.93. The van der Waals surface area contributed by atoms with Crippen molar-refractivity contribution in [2.24, 2.45) is 5.92 Å². The molecular formula is C21H27N5O. The third-order valence-corrected chi connectivity index (χ3v) is 5.34. The van der Waals surface area contributed by atoms with Crippen molar-refractivity contribution in [1.82, 2.24) is 19.8 Å². The van der Waals surface area contributed by atoms with Crippen LogP contribution < -0.4 is 10.2 Å². The number of carbonyl (C=O) groups is 1. The van der Waals surface area contributed by atoms with E-state index in [1.807, 2.05) is 38.1 Å². The van der Waals surface area contributed by atoms with Crippen LogP contribution in [0.1, 0.15) is 26.7 Å². The molecule has 27 heavy (non-hydrogen) atoms. The van der Waals surface area contributed by atoms with Crippen LogP contribution in [0.2, 0.25) is 0 Å². The number of fused-ring (bicyclic) bond motifs is 2.